The molecular weight excluding hydrogens is 136 g/mol. The molecule has 0 aromatic heterocycles. The quantitative estimate of drug-likeness (QED) is 0.537. The molecule has 2 aliphatic rings. The standard InChI is InChI=1S/C9H18N2/c1-9(2,3)8-7-4-6(11-8)5-10-7/h6-8,10-11H,4-5H2,1-3H3/t6-,7-,8?/m0/s1. The van der Waals surface area contributed by atoms with Crippen molar-refractivity contribution in [2.45, 2.75) is 45.3 Å². The maximum Gasteiger partial charge on any atom is 0.0273 e. The topological polar surface area (TPSA) is 24.1 Å². The Morgan fingerprint density at radius 3 is 2.27 bits per heavy atom. The van der Waals surface area contributed by atoms with Gasteiger partial charge in [-0.15, -0.1) is 0 Å². The fraction of sp³-hybridized carbons (Fsp3) is 1.00. The molecular formula is C9H18N2. The summed E-state index contributed by atoms with van der Waals surface area (Å²) in [6, 6.07) is 2.17. The highest BCUT2D eigenvalue weighted by Gasteiger charge is 2.43. The molecule has 0 saturated carbocycles. The zero-order chi connectivity index (χ0) is 8.06. The number of hydrogen-bond acceptors (Lipinski definition) is 2. The van der Waals surface area contributed by atoms with E-state index in [1.807, 2.05) is 0 Å². The molecule has 2 nitrogen and oxygen atoms in total. The second-order valence-electron chi connectivity index (χ2n) is 4.96. The van der Waals surface area contributed by atoms with Gasteiger partial charge in [0.1, 0.15) is 0 Å². The van der Waals surface area contributed by atoms with Crippen LogP contribution in [-0.4, -0.2) is 24.7 Å². The van der Waals surface area contributed by atoms with E-state index < -0.39 is 0 Å². The monoisotopic (exact) mass is 154 g/mol. The first kappa shape index (κ1) is 7.56. The van der Waals surface area contributed by atoms with Crippen molar-refractivity contribution in [2.75, 3.05) is 6.54 Å². The van der Waals surface area contributed by atoms with Crippen LogP contribution in [0.1, 0.15) is 27.2 Å². The van der Waals surface area contributed by atoms with Gasteiger partial charge < -0.3 is 10.6 Å². The van der Waals surface area contributed by atoms with Crippen LogP contribution >= 0.6 is 0 Å². The molecule has 0 aliphatic carbocycles. The van der Waals surface area contributed by atoms with Crippen molar-refractivity contribution in [3.63, 3.8) is 0 Å². The molecule has 2 heteroatoms. The average molecular weight is 154 g/mol. The Labute approximate surface area is 68.7 Å². The third-order valence-electron chi connectivity index (χ3n) is 2.92. The first-order valence-electron chi connectivity index (χ1n) is 4.57. The maximum absolute atomic E-state index is 3.67. The van der Waals surface area contributed by atoms with Gasteiger partial charge in [0.25, 0.3) is 0 Å². The lowest BCUT2D eigenvalue weighted by Crippen LogP contribution is -2.54. The molecule has 0 spiro atoms. The van der Waals surface area contributed by atoms with Gasteiger partial charge in [-0.2, -0.15) is 0 Å². The summed E-state index contributed by atoms with van der Waals surface area (Å²) in [6.07, 6.45) is 1.34. The molecule has 0 aromatic rings. The van der Waals surface area contributed by atoms with Gasteiger partial charge >= 0.3 is 0 Å². The third kappa shape index (κ3) is 1.18. The number of hydrogen-bond donors (Lipinski definition) is 2. The molecule has 0 amide bonds. The summed E-state index contributed by atoms with van der Waals surface area (Å²) < 4.78 is 0. The Balaban J connectivity index is 2.08. The first-order chi connectivity index (χ1) is 5.07. The van der Waals surface area contributed by atoms with Crippen molar-refractivity contribution >= 4 is 0 Å². The van der Waals surface area contributed by atoms with Gasteiger partial charge in [0.15, 0.2) is 0 Å². The van der Waals surface area contributed by atoms with Crippen LogP contribution in [-0.2, 0) is 0 Å². The van der Waals surface area contributed by atoms with Gasteiger partial charge in [0.2, 0.25) is 0 Å². The van der Waals surface area contributed by atoms with Crippen LogP contribution in [0.3, 0.4) is 0 Å². The maximum atomic E-state index is 3.67. The van der Waals surface area contributed by atoms with Gasteiger partial charge in [-0.1, -0.05) is 20.8 Å². The van der Waals surface area contributed by atoms with Crippen molar-refractivity contribution in [3.05, 3.63) is 0 Å². The van der Waals surface area contributed by atoms with Crippen LogP contribution in [0.2, 0.25) is 0 Å². The number of piperazine rings is 1. The molecule has 2 rings (SSSR count). The molecule has 2 saturated heterocycles. The molecule has 0 radical (unpaired) electrons. The second kappa shape index (κ2) is 2.20. The van der Waals surface area contributed by atoms with E-state index in [0.29, 0.717) is 11.5 Å². The Kier molecular flexibility index (Phi) is 1.52. The summed E-state index contributed by atoms with van der Waals surface area (Å²) in [5, 5.41) is 7.22. The van der Waals surface area contributed by atoms with E-state index in [2.05, 4.69) is 31.4 Å². The van der Waals surface area contributed by atoms with E-state index in [0.717, 1.165) is 12.1 Å². The molecule has 2 aliphatic heterocycles. The van der Waals surface area contributed by atoms with Crippen molar-refractivity contribution in [1.82, 2.24) is 10.6 Å². The van der Waals surface area contributed by atoms with Crippen LogP contribution in [0, 0.1) is 5.41 Å². The van der Waals surface area contributed by atoms with Crippen LogP contribution < -0.4 is 10.6 Å². The van der Waals surface area contributed by atoms with E-state index in [4.69, 9.17) is 0 Å². The van der Waals surface area contributed by atoms with E-state index in [-0.39, 0.29) is 0 Å². The van der Waals surface area contributed by atoms with Crippen molar-refractivity contribution in [2.24, 2.45) is 5.41 Å². The van der Waals surface area contributed by atoms with Crippen molar-refractivity contribution in [3.8, 4) is 0 Å². The zero-order valence-corrected chi connectivity index (χ0v) is 7.65. The van der Waals surface area contributed by atoms with Gasteiger partial charge in [-0.05, 0) is 11.8 Å². The second-order valence-corrected chi connectivity index (χ2v) is 4.96. The molecule has 64 valence electrons. The Hall–Kier alpha value is -0.0800. The molecule has 2 N–H and O–H groups in total. The molecule has 2 bridgehead atoms. The minimum Gasteiger partial charge on any atom is -0.311 e. The van der Waals surface area contributed by atoms with Crippen molar-refractivity contribution < 1.29 is 0 Å². The highest BCUT2D eigenvalue weighted by Crippen LogP contribution is 2.31. The van der Waals surface area contributed by atoms with E-state index in [9.17, 15) is 0 Å². The molecule has 0 aromatic carbocycles. The third-order valence-corrected chi connectivity index (χ3v) is 2.92. The predicted octanol–water partition coefficient (Wildman–Crippen LogP) is 0.735. The number of rotatable bonds is 0. The van der Waals surface area contributed by atoms with E-state index in [1.54, 1.807) is 0 Å². The molecule has 2 heterocycles. The smallest absolute Gasteiger partial charge is 0.0273 e. The predicted molar refractivity (Wildman–Crippen MR) is 46.6 cm³/mol. The van der Waals surface area contributed by atoms with Gasteiger partial charge in [0, 0.05) is 24.7 Å². The minimum absolute atomic E-state index is 0.410. The molecule has 3 atom stereocenters. The summed E-state index contributed by atoms with van der Waals surface area (Å²) in [6.45, 7) is 8.12. The fourth-order valence-electron chi connectivity index (χ4n) is 2.37. The summed E-state index contributed by atoms with van der Waals surface area (Å²) in [4.78, 5) is 0. The minimum atomic E-state index is 0.410. The number of nitrogens with one attached hydrogen (secondary N) is 2. The zero-order valence-electron chi connectivity index (χ0n) is 7.65. The first-order valence-corrected chi connectivity index (χ1v) is 4.57. The van der Waals surface area contributed by atoms with Gasteiger partial charge in [0.05, 0.1) is 0 Å². The number of fused-ring (bicyclic) bond motifs is 2. The Morgan fingerprint density at radius 1 is 1.27 bits per heavy atom. The van der Waals surface area contributed by atoms with Crippen LogP contribution in [0.25, 0.3) is 0 Å². The molecule has 11 heavy (non-hydrogen) atoms. The summed E-state index contributed by atoms with van der Waals surface area (Å²) in [7, 11) is 0. The lowest BCUT2D eigenvalue weighted by Gasteiger charge is -2.35. The van der Waals surface area contributed by atoms with Gasteiger partial charge in [-0.3, -0.25) is 0 Å². The Bertz CT molecular complexity index is 159. The van der Waals surface area contributed by atoms with E-state index in [1.165, 1.54) is 13.0 Å². The van der Waals surface area contributed by atoms with Crippen LogP contribution in [0.15, 0.2) is 0 Å². The molecule has 1 unspecified atom stereocenters. The van der Waals surface area contributed by atoms with E-state index >= 15 is 0 Å². The molecule has 2 fully saturated rings. The van der Waals surface area contributed by atoms with Crippen molar-refractivity contribution in [1.29, 1.82) is 0 Å². The van der Waals surface area contributed by atoms with Crippen LogP contribution in [0.5, 0.6) is 0 Å². The normalized spacial score (nSPS) is 43.4. The largest absolute Gasteiger partial charge is 0.311 e. The SMILES string of the molecule is CC(C)(C)C1N[C@@H]2CN[C@H]1C2. The summed E-state index contributed by atoms with van der Waals surface area (Å²) in [5.41, 5.74) is 0.410. The summed E-state index contributed by atoms with van der Waals surface area (Å²) >= 11 is 0. The Morgan fingerprint density at radius 2 is 2.00 bits per heavy atom. The lowest BCUT2D eigenvalue weighted by atomic mass is 9.83. The lowest BCUT2D eigenvalue weighted by molar-refractivity contribution is 0.232. The highest BCUT2D eigenvalue weighted by atomic mass is 15.2. The highest BCUT2D eigenvalue weighted by molar-refractivity contribution is 5.06. The average Bonchev–Trinajstić information content (AvgIpc) is 2.42. The summed E-state index contributed by atoms with van der Waals surface area (Å²) in [5.74, 6) is 0. The van der Waals surface area contributed by atoms with Gasteiger partial charge in [-0.25, -0.2) is 0 Å². The fourth-order valence-corrected chi connectivity index (χ4v) is 2.37. The van der Waals surface area contributed by atoms with Crippen LogP contribution in [0.4, 0.5) is 0 Å².